The molecular weight excluding hydrogens is 172 g/mol. The van der Waals surface area contributed by atoms with Crippen LogP contribution < -0.4 is 5.32 Å². The monoisotopic (exact) mass is 185 g/mol. The molecule has 0 unspecified atom stereocenters. The van der Waals surface area contributed by atoms with Gasteiger partial charge in [0.2, 0.25) is 0 Å². The Kier molecular flexibility index (Phi) is 3.23. The van der Waals surface area contributed by atoms with Gasteiger partial charge in [-0.05, 0) is 25.0 Å². The van der Waals surface area contributed by atoms with Gasteiger partial charge >= 0.3 is 0 Å². The summed E-state index contributed by atoms with van der Waals surface area (Å²) in [6.07, 6.45) is 0.840. The summed E-state index contributed by atoms with van der Waals surface area (Å²) in [5.74, 6) is -1.02. The molecule has 0 aromatic heterocycles. The molecule has 0 fully saturated rings. The Labute approximate surface area is 76.8 Å². The van der Waals surface area contributed by atoms with E-state index in [2.05, 4.69) is 5.32 Å². The van der Waals surface area contributed by atoms with Crippen molar-refractivity contribution in [1.29, 1.82) is 0 Å². The average molecular weight is 185 g/mol. The van der Waals surface area contributed by atoms with Crippen molar-refractivity contribution in [2.45, 2.75) is 20.3 Å². The second-order valence-electron chi connectivity index (χ2n) is 2.98. The molecule has 1 aromatic carbocycles. The van der Waals surface area contributed by atoms with Crippen molar-refractivity contribution < 1.29 is 8.78 Å². The van der Waals surface area contributed by atoms with Gasteiger partial charge in [-0.15, -0.1) is 0 Å². The van der Waals surface area contributed by atoms with Gasteiger partial charge in [0, 0.05) is 6.54 Å². The number of hydrogen-bond donors (Lipinski definition) is 1. The maximum Gasteiger partial charge on any atom is 0.152 e. The molecular formula is C10H13F2N. The van der Waals surface area contributed by atoms with E-state index in [9.17, 15) is 8.78 Å². The van der Waals surface area contributed by atoms with Crippen LogP contribution in [0.25, 0.3) is 0 Å². The van der Waals surface area contributed by atoms with Crippen LogP contribution in [0, 0.1) is 18.6 Å². The highest BCUT2D eigenvalue weighted by molar-refractivity contribution is 5.48. The van der Waals surface area contributed by atoms with E-state index in [0.29, 0.717) is 12.1 Å². The van der Waals surface area contributed by atoms with E-state index in [4.69, 9.17) is 0 Å². The molecule has 1 rings (SSSR count). The van der Waals surface area contributed by atoms with E-state index < -0.39 is 11.6 Å². The summed E-state index contributed by atoms with van der Waals surface area (Å²) in [5, 5.41) is 2.72. The third-order valence-corrected chi connectivity index (χ3v) is 1.84. The first kappa shape index (κ1) is 9.96. The van der Waals surface area contributed by atoms with Gasteiger partial charge in [0.25, 0.3) is 0 Å². The predicted octanol–water partition coefficient (Wildman–Crippen LogP) is 3.10. The summed E-state index contributed by atoms with van der Waals surface area (Å²) in [7, 11) is 0. The number of benzene rings is 1. The maximum absolute atomic E-state index is 13.3. The minimum absolute atomic E-state index is 0.0122. The van der Waals surface area contributed by atoms with Crippen molar-refractivity contribution >= 4 is 5.69 Å². The van der Waals surface area contributed by atoms with Crippen molar-refractivity contribution in [1.82, 2.24) is 0 Å². The summed E-state index contributed by atoms with van der Waals surface area (Å²) in [6, 6.07) is 2.71. The largest absolute Gasteiger partial charge is 0.380 e. The van der Waals surface area contributed by atoms with Crippen LogP contribution in [0.1, 0.15) is 18.9 Å². The van der Waals surface area contributed by atoms with Crippen molar-refractivity contribution in [3.8, 4) is 0 Å². The average Bonchev–Trinajstić information content (AvgIpc) is 2.12. The minimum atomic E-state index is -0.531. The lowest BCUT2D eigenvalue weighted by Gasteiger charge is -2.08. The second-order valence-corrected chi connectivity index (χ2v) is 2.98. The Morgan fingerprint density at radius 3 is 2.62 bits per heavy atom. The van der Waals surface area contributed by atoms with Crippen LogP contribution >= 0.6 is 0 Å². The Morgan fingerprint density at radius 1 is 1.31 bits per heavy atom. The quantitative estimate of drug-likeness (QED) is 0.763. The molecule has 0 spiro atoms. The van der Waals surface area contributed by atoms with Gasteiger partial charge < -0.3 is 5.32 Å². The van der Waals surface area contributed by atoms with Gasteiger partial charge in [0.15, 0.2) is 5.82 Å². The Bertz CT molecular complexity index is 297. The van der Waals surface area contributed by atoms with Crippen LogP contribution in [0.15, 0.2) is 12.1 Å². The normalized spacial score (nSPS) is 10.2. The number of nitrogens with one attached hydrogen (secondary N) is 1. The summed E-state index contributed by atoms with van der Waals surface area (Å²) < 4.78 is 26.3. The van der Waals surface area contributed by atoms with Crippen molar-refractivity contribution in [3.63, 3.8) is 0 Å². The van der Waals surface area contributed by atoms with Crippen LogP contribution in [-0.2, 0) is 0 Å². The Balaban J connectivity index is 2.96. The van der Waals surface area contributed by atoms with E-state index in [1.807, 2.05) is 6.92 Å². The molecule has 0 atom stereocenters. The van der Waals surface area contributed by atoms with Crippen molar-refractivity contribution in [3.05, 3.63) is 29.3 Å². The molecule has 0 heterocycles. The number of aryl methyl sites for hydroxylation is 1. The minimum Gasteiger partial charge on any atom is -0.380 e. The summed E-state index contributed by atoms with van der Waals surface area (Å²) in [5.41, 5.74) is 0.446. The number of anilines is 1. The smallest absolute Gasteiger partial charge is 0.152 e. The Hall–Kier alpha value is -1.12. The molecule has 0 aliphatic carbocycles. The van der Waals surface area contributed by atoms with E-state index in [0.717, 1.165) is 6.42 Å². The van der Waals surface area contributed by atoms with Gasteiger partial charge in [0.05, 0.1) is 0 Å². The third-order valence-electron chi connectivity index (χ3n) is 1.84. The lowest BCUT2D eigenvalue weighted by Crippen LogP contribution is -2.05. The van der Waals surface area contributed by atoms with E-state index in [-0.39, 0.29) is 5.69 Å². The fourth-order valence-corrected chi connectivity index (χ4v) is 1.07. The Morgan fingerprint density at radius 2 is 2.00 bits per heavy atom. The highest BCUT2D eigenvalue weighted by Crippen LogP contribution is 2.21. The van der Waals surface area contributed by atoms with Crippen LogP contribution in [0.5, 0.6) is 0 Å². The van der Waals surface area contributed by atoms with E-state index >= 15 is 0 Å². The lowest BCUT2D eigenvalue weighted by molar-refractivity contribution is 0.582. The van der Waals surface area contributed by atoms with Gasteiger partial charge in [-0.25, -0.2) is 8.78 Å². The topological polar surface area (TPSA) is 12.0 Å². The second kappa shape index (κ2) is 4.21. The van der Waals surface area contributed by atoms with Gasteiger partial charge in [0.1, 0.15) is 11.5 Å². The standard InChI is InChI=1S/C10H13F2N/c1-3-6-13-10-8(11)5-4-7(2)9(10)12/h4-5,13H,3,6H2,1-2H3. The molecule has 0 bridgehead atoms. The molecule has 1 nitrogen and oxygen atoms in total. The SMILES string of the molecule is CCCNc1c(F)ccc(C)c1F. The summed E-state index contributed by atoms with van der Waals surface area (Å²) >= 11 is 0. The zero-order chi connectivity index (χ0) is 9.84. The summed E-state index contributed by atoms with van der Waals surface area (Å²) in [6.45, 7) is 4.14. The molecule has 0 radical (unpaired) electrons. The van der Waals surface area contributed by atoms with Crippen LogP contribution in [0.2, 0.25) is 0 Å². The van der Waals surface area contributed by atoms with Gasteiger partial charge in [-0.1, -0.05) is 13.0 Å². The van der Waals surface area contributed by atoms with Gasteiger partial charge in [-0.2, -0.15) is 0 Å². The summed E-state index contributed by atoms with van der Waals surface area (Å²) in [4.78, 5) is 0. The molecule has 72 valence electrons. The van der Waals surface area contributed by atoms with Crippen LogP contribution in [0.4, 0.5) is 14.5 Å². The predicted molar refractivity (Wildman–Crippen MR) is 49.9 cm³/mol. The zero-order valence-electron chi connectivity index (χ0n) is 7.82. The van der Waals surface area contributed by atoms with Crippen LogP contribution in [-0.4, -0.2) is 6.54 Å². The first-order chi connectivity index (χ1) is 6.16. The first-order valence-corrected chi connectivity index (χ1v) is 4.35. The fourth-order valence-electron chi connectivity index (χ4n) is 1.07. The zero-order valence-corrected chi connectivity index (χ0v) is 7.82. The molecule has 13 heavy (non-hydrogen) atoms. The molecule has 1 N–H and O–H groups in total. The molecule has 1 aromatic rings. The van der Waals surface area contributed by atoms with Gasteiger partial charge in [-0.3, -0.25) is 0 Å². The van der Waals surface area contributed by atoms with Crippen LogP contribution in [0.3, 0.4) is 0 Å². The van der Waals surface area contributed by atoms with E-state index in [1.165, 1.54) is 12.1 Å². The number of hydrogen-bond acceptors (Lipinski definition) is 1. The van der Waals surface area contributed by atoms with Crippen molar-refractivity contribution in [2.75, 3.05) is 11.9 Å². The third kappa shape index (κ3) is 2.17. The van der Waals surface area contributed by atoms with Crippen molar-refractivity contribution in [2.24, 2.45) is 0 Å². The highest BCUT2D eigenvalue weighted by atomic mass is 19.1. The maximum atomic E-state index is 13.3. The highest BCUT2D eigenvalue weighted by Gasteiger charge is 2.09. The molecule has 0 aliphatic heterocycles. The molecule has 0 amide bonds. The first-order valence-electron chi connectivity index (χ1n) is 4.35. The molecule has 0 saturated heterocycles. The molecule has 3 heteroatoms. The lowest BCUT2D eigenvalue weighted by atomic mass is 10.2. The fraction of sp³-hybridized carbons (Fsp3) is 0.400. The molecule has 0 aliphatic rings. The number of halogens is 2. The van der Waals surface area contributed by atoms with E-state index in [1.54, 1.807) is 6.92 Å². The molecule has 0 saturated carbocycles. The number of rotatable bonds is 3.